The molecule has 0 spiro atoms. The maximum absolute atomic E-state index is 13.7. The van der Waals surface area contributed by atoms with Gasteiger partial charge in [0.2, 0.25) is 0 Å². The number of piperidine rings is 1. The van der Waals surface area contributed by atoms with Gasteiger partial charge in [-0.05, 0) is 69.4 Å². The Balaban J connectivity index is 1.36. The number of rotatable bonds is 4. The minimum atomic E-state index is -0.0249. The van der Waals surface area contributed by atoms with Gasteiger partial charge in [-0.15, -0.1) is 0 Å². The van der Waals surface area contributed by atoms with Crippen molar-refractivity contribution in [2.45, 2.75) is 38.5 Å². The number of aromatic nitrogens is 3. The second-order valence-corrected chi connectivity index (χ2v) is 10.5. The molecule has 2 aromatic heterocycles. The molecule has 7 nitrogen and oxygen atoms in total. The third-order valence-electron chi connectivity index (χ3n) is 7.67. The predicted molar refractivity (Wildman–Crippen MR) is 137 cm³/mol. The molecule has 2 fully saturated rings. The van der Waals surface area contributed by atoms with Crippen LogP contribution in [0.2, 0.25) is 0 Å². The molecular formula is C28H35N5O2. The van der Waals surface area contributed by atoms with Gasteiger partial charge in [-0.2, -0.15) is 0 Å². The molecule has 0 radical (unpaired) electrons. The van der Waals surface area contributed by atoms with E-state index < -0.39 is 0 Å². The van der Waals surface area contributed by atoms with Crippen LogP contribution in [0.5, 0.6) is 0 Å². The molecule has 2 aliphatic rings. The molecule has 2 aliphatic heterocycles. The number of amides is 1. The Bertz CT molecular complexity index is 1200. The van der Waals surface area contributed by atoms with Gasteiger partial charge in [-0.3, -0.25) is 9.78 Å². The summed E-state index contributed by atoms with van der Waals surface area (Å²) in [6.45, 7) is 8.66. The second kappa shape index (κ2) is 9.99. The molecule has 0 unspecified atom stereocenters. The number of pyridine rings is 1. The highest BCUT2D eigenvalue weighted by molar-refractivity contribution is 5.92. The van der Waals surface area contributed by atoms with E-state index in [1.165, 1.54) is 10.9 Å². The van der Waals surface area contributed by atoms with Crippen LogP contribution in [0.25, 0.3) is 10.8 Å². The molecule has 3 aromatic rings. The predicted octanol–water partition coefficient (Wildman–Crippen LogP) is 3.65. The molecule has 2 saturated heterocycles. The summed E-state index contributed by atoms with van der Waals surface area (Å²) in [4.78, 5) is 31.5. The molecule has 4 heterocycles. The lowest BCUT2D eigenvalue weighted by Gasteiger charge is -2.37. The van der Waals surface area contributed by atoms with Gasteiger partial charge in [0.15, 0.2) is 0 Å². The summed E-state index contributed by atoms with van der Waals surface area (Å²) in [6.07, 6.45) is 6.66. The van der Waals surface area contributed by atoms with Crippen LogP contribution >= 0.6 is 0 Å². The van der Waals surface area contributed by atoms with E-state index in [0.717, 1.165) is 43.4 Å². The average Bonchev–Trinajstić information content (AvgIpc) is 3.11. The van der Waals surface area contributed by atoms with Crippen LogP contribution in [-0.2, 0) is 16.6 Å². The van der Waals surface area contributed by atoms with Crippen molar-refractivity contribution >= 4 is 16.7 Å². The van der Waals surface area contributed by atoms with E-state index >= 15 is 0 Å². The maximum atomic E-state index is 13.7. The summed E-state index contributed by atoms with van der Waals surface area (Å²) in [5.41, 5.74) is 2.74. The summed E-state index contributed by atoms with van der Waals surface area (Å²) in [5.74, 6) is 0.859. The highest BCUT2D eigenvalue weighted by atomic mass is 16.5. The Hall–Kier alpha value is -2.90. The minimum absolute atomic E-state index is 0.0223. The number of fused-ring (bicyclic) bond motifs is 1. The molecule has 1 aromatic carbocycles. The van der Waals surface area contributed by atoms with Crippen molar-refractivity contribution in [2.24, 2.45) is 5.92 Å². The molecule has 0 aliphatic carbocycles. The van der Waals surface area contributed by atoms with Crippen LogP contribution in [0.15, 0.2) is 42.7 Å². The van der Waals surface area contributed by atoms with Gasteiger partial charge in [0, 0.05) is 42.2 Å². The maximum Gasteiger partial charge on any atom is 0.272 e. The van der Waals surface area contributed by atoms with Gasteiger partial charge >= 0.3 is 0 Å². The van der Waals surface area contributed by atoms with Gasteiger partial charge in [-0.1, -0.05) is 25.1 Å². The fraction of sp³-hybridized carbons (Fsp3) is 0.500. The number of ether oxygens (including phenoxy) is 1. The van der Waals surface area contributed by atoms with Crippen LogP contribution < -0.4 is 0 Å². The van der Waals surface area contributed by atoms with Crippen molar-refractivity contribution < 1.29 is 9.53 Å². The molecule has 7 heteroatoms. The van der Waals surface area contributed by atoms with E-state index in [4.69, 9.17) is 9.72 Å². The van der Waals surface area contributed by atoms with Crippen LogP contribution in [-0.4, -0.2) is 77.1 Å². The van der Waals surface area contributed by atoms with Crippen molar-refractivity contribution in [2.75, 3.05) is 46.4 Å². The van der Waals surface area contributed by atoms with Crippen LogP contribution in [0.4, 0.5) is 0 Å². The second-order valence-electron chi connectivity index (χ2n) is 10.5. The van der Waals surface area contributed by atoms with Gasteiger partial charge in [0.1, 0.15) is 11.5 Å². The van der Waals surface area contributed by atoms with Gasteiger partial charge in [0.25, 0.3) is 5.91 Å². The molecule has 1 amide bonds. The van der Waals surface area contributed by atoms with Crippen molar-refractivity contribution in [1.82, 2.24) is 24.8 Å². The Morgan fingerprint density at radius 3 is 2.83 bits per heavy atom. The first-order valence-corrected chi connectivity index (χ1v) is 12.6. The number of hydrogen-bond acceptors (Lipinski definition) is 6. The van der Waals surface area contributed by atoms with E-state index in [2.05, 4.69) is 53.1 Å². The van der Waals surface area contributed by atoms with Crippen LogP contribution in [0, 0.1) is 12.8 Å². The van der Waals surface area contributed by atoms with Crippen LogP contribution in [0.1, 0.15) is 47.3 Å². The van der Waals surface area contributed by atoms with Crippen LogP contribution in [0.3, 0.4) is 0 Å². The van der Waals surface area contributed by atoms with Crippen molar-refractivity contribution in [3.63, 3.8) is 0 Å². The first kappa shape index (κ1) is 23.8. The lowest BCUT2D eigenvalue weighted by Crippen LogP contribution is -2.40. The third kappa shape index (κ3) is 5.21. The molecule has 0 bridgehead atoms. The number of aryl methyl sites for hydroxylation is 1. The smallest absolute Gasteiger partial charge is 0.272 e. The molecule has 0 N–H and O–H groups in total. The zero-order valence-corrected chi connectivity index (χ0v) is 21.0. The van der Waals surface area contributed by atoms with E-state index in [1.54, 1.807) is 0 Å². The van der Waals surface area contributed by atoms with E-state index in [0.29, 0.717) is 37.8 Å². The number of nitrogens with zero attached hydrogens (tertiary/aromatic N) is 5. The Morgan fingerprint density at radius 2 is 2.00 bits per heavy atom. The van der Waals surface area contributed by atoms with Gasteiger partial charge < -0.3 is 14.5 Å². The Morgan fingerprint density at radius 1 is 1.17 bits per heavy atom. The number of hydrogen-bond donors (Lipinski definition) is 0. The largest absolute Gasteiger partial charge is 0.379 e. The van der Waals surface area contributed by atoms with Crippen molar-refractivity contribution in [3.8, 4) is 0 Å². The average molecular weight is 474 g/mol. The summed E-state index contributed by atoms with van der Waals surface area (Å²) < 4.78 is 5.93. The first-order chi connectivity index (χ1) is 16.9. The Kier molecular flexibility index (Phi) is 6.80. The zero-order valence-electron chi connectivity index (χ0n) is 21.0. The topological polar surface area (TPSA) is 71.5 Å². The monoisotopic (exact) mass is 473 g/mol. The lowest BCUT2D eigenvalue weighted by atomic mass is 9.77. The molecule has 1 atom stereocenters. The fourth-order valence-corrected chi connectivity index (χ4v) is 5.38. The molecular weight excluding hydrogens is 438 g/mol. The molecule has 35 heavy (non-hydrogen) atoms. The lowest BCUT2D eigenvalue weighted by molar-refractivity contribution is 0.0730. The summed E-state index contributed by atoms with van der Waals surface area (Å²) in [6, 6.07) is 10.3. The summed E-state index contributed by atoms with van der Waals surface area (Å²) in [7, 11) is 2.16. The standard InChI is InChI=1S/C28H35N5O2/c1-20-30-25(16-26(31-20)28(2)8-11-32(3)12-9-28)27(34)33-13-14-35-19-21(18-33)15-22-5-4-6-23-17-29-10-7-24(22)23/h4-7,10,16-17,21H,8-9,11-15,18-19H2,1-3H3/t21-/m1/s1. The normalized spacial score (nSPS) is 21.1. The highest BCUT2D eigenvalue weighted by Crippen LogP contribution is 2.34. The summed E-state index contributed by atoms with van der Waals surface area (Å²) >= 11 is 0. The Labute approximate surface area is 207 Å². The molecule has 184 valence electrons. The van der Waals surface area contributed by atoms with Crippen molar-refractivity contribution in [1.29, 1.82) is 0 Å². The van der Waals surface area contributed by atoms with Crippen molar-refractivity contribution in [3.05, 3.63) is 65.5 Å². The summed E-state index contributed by atoms with van der Waals surface area (Å²) in [5, 5.41) is 2.35. The quantitative estimate of drug-likeness (QED) is 0.576. The van der Waals surface area contributed by atoms with E-state index in [9.17, 15) is 4.79 Å². The van der Waals surface area contributed by atoms with E-state index in [-0.39, 0.29) is 17.2 Å². The SMILES string of the molecule is Cc1nc(C(=O)N2CCOC[C@H](Cc3cccc4cnccc34)C2)cc(C2(C)CCN(C)CC2)n1. The first-order valence-electron chi connectivity index (χ1n) is 12.6. The number of benzene rings is 1. The fourth-order valence-electron chi connectivity index (χ4n) is 5.38. The minimum Gasteiger partial charge on any atom is -0.379 e. The highest BCUT2D eigenvalue weighted by Gasteiger charge is 2.34. The number of carbonyl (C=O) groups excluding carboxylic acids is 1. The van der Waals surface area contributed by atoms with Gasteiger partial charge in [0.05, 0.1) is 18.9 Å². The van der Waals surface area contributed by atoms with Gasteiger partial charge in [-0.25, -0.2) is 9.97 Å². The third-order valence-corrected chi connectivity index (χ3v) is 7.67. The number of likely N-dealkylation sites (tertiary alicyclic amines) is 1. The molecule has 5 rings (SSSR count). The zero-order chi connectivity index (χ0) is 24.4. The molecule has 0 saturated carbocycles. The number of carbonyl (C=O) groups is 1. The van der Waals surface area contributed by atoms with E-state index in [1.807, 2.05) is 30.3 Å².